The maximum absolute atomic E-state index is 12.5. The molecule has 0 aliphatic heterocycles. The van der Waals surface area contributed by atoms with Crippen LogP contribution in [0.25, 0.3) is 0 Å². The molecule has 0 amide bonds. The fraction of sp³-hybridized carbons (Fsp3) is 0.421. The first-order chi connectivity index (χ1) is 13.9. The van der Waals surface area contributed by atoms with E-state index in [1.54, 1.807) is 31.7 Å². The Labute approximate surface area is 176 Å². The van der Waals surface area contributed by atoms with Crippen molar-refractivity contribution in [2.24, 2.45) is 4.99 Å². The molecule has 0 saturated heterocycles. The molecular formula is C19H28N4O4S2. The Balaban J connectivity index is 2.04. The van der Waals surface area contributed by atoms with Crippen molar-refractivity contribution in [2.75, 3.05) is 45.7 Å². The number of hydrogen-bond donors (Lipinski definition) is 2. The van der Waals surface area contributed by atoms with Gasteiger partial charge in [-0.25, -0.2) is 8.42 Å². The molecule has 8 nitrogen and oxygen atoms in total. The van der Waals surface area contributed by atoms with Crippen LogP contribution in [-0.2, 0) is 10.0 Å². The molecule has 2 aromatic rings. The maximum Gasteiger partial charge on any atom is 0.252 e. The number of guanidine groups is 1. The number of nitrogens with one attached hydrogen (secondary N) is 2. The molecule has 0 radical (unpaired) electrons. The molecule has 1 aromatic carbocycles. The lowest BCUT2D eigenvalue weighted by Crippen LogP contribution is -2.33. The minimum Gasteiger partial charge on any atom is -0.493 e. The highest BCUT2D eigenvalue weighted by Crippen LogP contribution is 2.30. The van der Waals surface area contributed by atoms with E-state index in [4.69, 9.17) is 9.47 Å². The van der Waals surface area contributed by atoms with E-state index in [-0.39, 0.29) is 6.54 Å². The quantitative estimate of drug-likeness (QED) is 0.436. The first kappa shape index (κ1) is 23.0. The van der Waals surface area contributed by atoms with Gasteiger partial charge in [-0.2, -0.15) is 4.31 Å². The van der Waals surface area contributed by atoms with E-state index in [0.717, 1.165) is 5.69 Å². The van der Waals surface area contributed by atoms with E-state index >= 15 is 0 Å². The second-order valence-electron chi connectivity index (χ2n) is 5.94. The smallest absolute Gasteiger partial charge is 0.252 e. The summed E-state index contributed by atoms with van der Waals surface area (Å²) in [7, 11) is -0.327. The first-order valence-corrected chi connectivity index (χ1v) is 11.6. The molecule has 0 atom stereocenters. The minimum atomic E-state index is -3.47. The summed E-state index contributed by atoms with van der Waals surface area (Å²) < 4.78 is 37.5. The predicted molar refractivity (Wildman–Crippen MR) is 118 cm³/mol. The average molecular weight is 441 g/mol. The SMILES string of the molecule is CCNC(=NCCN(C)S(=O)(=O)c1cccs1)Nc1ccc(OCC)c(OC)c1. The van der Waals surface area contributed by atoms with Crippen LogP contribution in [0.5, 0.6) is 11.5 Å². The van der Waals surface area contributed by atoms with Crippen molar-refractivity contribution in [1.29, 1.82) is 0 Å². The zero-order valence-electron chi connectivity index (χ0n) is 17.1. The molecule has 160 valence electrons. The summed E-state index contributed by atoms with van der Waals surface area (Å²) in [5, 5.41) is 8.10. The van der Waals surface area contributed by atoms with Gasteiger partial charge in [0, 0.05) is 31.9 Å². The van der Waals surface area contributed by atoms with Gasteiger partial charge in [-0.1, -0.05) is 6.07 Å². The summed E-state index contributed by atoms with van der Waals surface area (Å²) in [4.78, 5) is 4.48. The summed E-state index contributed by atoms with van der Waals surface area (Å²) >= 11 is 1.20. The van der Waals surface area contributed by atoms with Crippen molar-refractivity contribution in [3.05, 3.63) is 35.7 Å². The molecule has 0 saturated carbocycles. The molecule has 10 heteroatoms. The van der Waals surface area contributed by atoms with E-state index in [1.165, 1.54) is 15.6 Å². The number of methoxy groups -OCH3 is 1. The average Bonchev–Trinajstić information content (AvgIpc) is 3.25. The summed E-state index contributed by atoms with van der Waals surface area (Å²) in [5.74, 6) is 1.85. The number of ether oxygens (including phenoxy) is 2. The van der Waals surface area contributed by atoms with E-state index in [1.807, 2.05) is 32.0 Å². The number of likely N-dealkylation sites (N-methyl/N-ethyl adjacent to an activating group) is 1. The lowest BCUT2D eigenvalue weighted by molar-refractivity contribution is 0.311. The molecule has 0 fully saturated rings. The fourth-order valence-electron chi connectivity index (χ4n) is 2.45. The minimum absolute atomic E-state index is 0.267. The van der Waals surface area contributed by atoms with Gasteiger partial charge in [-0.05, 0) is 37.4 Å². The van der Waals surface area contributed by atoms with Crippen LogP contribution in [0, 0.1) is 0 Å². The second-order valence-corrected chi connectivity index (χ2v) is 9.16. The van der Waals surface area contributed by atoms with Gasteiger partial charge in [0.15, 0.2) is 17.5 Å². The molecular weight excluding hydrogens is 412 g/mol. The lowest BCUT2D eigenvalue weighted by Gasteiger charge is -2.16. The molecule has 1 heterocycles. The van der Waals surface area contributed by atoms with Gasteiger partial charge in [0.05, 0.1) is 20.3 Å². The van der Waals surface area contributed by atoms with Crippen LogP contribution in [0.2, 0.25) is 0 Å². The largest absolute Gasteiger partial charge is 0.493 e. The molecule has 0 unspecified atom stereocenters. The normalized spacial score (nSPS) is 12.1. The molecule has 0 bridgehead atoms. The molecule has 2 N–H and O–H groups in total. The number of nitrogens with zero attached hydrogens (tertiary/aromatic N) is 2. The summed E-state index contributed by atoms with van der Waals surface area (Å²) in [6.07, 6.45) is 0. The Morgan fingerprint density at radius 2 is 2.03 bits per heavy atom. The van der Waals surface area contributed by atoms with Crippen LogP contribution in [0.15, 0.2) is 44.9 Å². The van der Waals surface area contributed by atoms with Crippen molar-refractivity contribution in [3.63, 3.8) is 0 Å². The Morgan fingerprint density at radius 1 is 1.24 bits per heavy atom. The number of thiophene rings is 1. The van der Waals surface area contributed by atoms with Gasteiger partial charge < -0.3 is 20.1 Å². The second kappa shape index (κ2) is 11.0. The molecule has 0 aliphatic rings. The highest BCUT2D eigenvalue weighted by molar-refractivity contribution is 7.91. The highest BCUT2D eigenvalue weighted by Gasteiger charge is 2.21. The van der Waals surface area contributed by atoms with Gasteiger partial charge in [-0.15, -0.1) is 11.3 Å². The fourth-order valence-corrected chi connectivity index (χ4v) is 4.81. The number of rotatable bonds is 10. The van der Waals surface area contributed by atoms with Gasteiger partial charge in [0.2, 0.25) is 0 Å². The van der Waals surface area contributed by atoms with Gasteiger partial charge >= 0.3 is 0 Å². The third kappa shape index (κ3) is 6.34. The van der Waals surface area contributed by atoms with Crippen molar-refractivity contribution >= 4 is 33.0 Å². The first-order valence-electron chi connectivity index (χ1n) is 9.28. The van der Waals surface area contributed by atoms with Gasteiger partial charge in [0.1, 0.15) is 4.21 Å². The summed E-state index contributed by atoms with van der Waals surface area (Å²) in [5.41, 5.74) is 0.782. The van der Waals surface area contributed by atoms with Crippen LogP contribution in [0.1, 0.15) is 13.8 Å². The number of benzene rings is 1. The van der Waals surface area contributed by atoms with Crippen molar-refractivity contribution in [3.8, 4) is 11.5 Å². The van der Waals surface area contributed by atoms with Crippen molar-refractivity contribution < 1.29 is 17.9 Å². The predicted octanol–water partition coefficient (Wildman–Crippen LogP) is 2.85. The van der Waals surface area contributed by atoms with Crippen LogP contribution in [-0.4, -0.2) is 59.1 Å². The zero-order chi connectivity index (χ0) is 21.3. The molecule has 0 spiro atoms. The number of sulfonamides is 1. The van der Waals surface area contributed by atoms with E-state index < -0.39 is 10.0 Å². The van der Waals surface area contributed by atoms with Crippen LogP contribution in [0.3, 0.4) is 0 Å². The lowest BCUT2D eigenvalue weighted by atomic mass is 10.2. The molecule has 2 rings (SSSR count). The zero-order valence-corrected chi connectivity index (χ0v) is 18.8. The maximum atomic E-state index is 12.5. The Bertz CT molecular complexity index is 899. The van der Waals surface area contributed by atoms with Gasteiger partial charge in [0.25, 0.3) is 10.0 Å². The number of anilines is 1. The Kier molecular flexibility index (Phi) is 8.74. The van der Waals surface area contributed by atoms with E-state index in [9.17, 15) is 8.42 Å². The third-order valence-corrected chi connectivity index (χ3v) is 7.14. The van der Waals surface area contributed by atoms with Crippen LogP contribution < -0.4 is 20.1 Å². The Morgan fingerprint density at radius 3 is 2.66 bits per heavy atom. The third-order valence-electron chi connectivity index (χ3n) is 3.91. The van der Waals surface area contributed by atoms with Gasteiger partial charge in [-0.3, -0.25) is 4.99 Å². The Hall–Kier alpha value is -2.30. The standard InChI is InChI=1S/C19H28N4O4S2/c1-5-20-19(22-15-9-10-16(27-6-2)17(14-15)26-4)21-11-12-23(3)29(24,25)18-8-7-13-28-18/h7-10,13-14H,5-6,11-12H2,1-4H3,(H2,20,21,22). The van der Waals surface area contributed by atoms with Crippen LogP contribution in [0.4, 0.5) is 5.69 Å². The molecule has 1 aromatic heterocycles. The topological polar surface area (TPSA) is 92.3 Å². The summed E-state index contributed by atoms with van der Waals surface area (Å²) in [6.45, 7) is 5.67. The number of aliphatic imine (C=N–C) groups is 1. The van der Waals surface area contributed by atoms with Crippen LogP contribution >= 0.6 is 11.3 Å². The molecule has 29 heavy (non-hydrogen) atoms. The number of hydrogen-bond acceptors (Lipinski definition) is 6. The van der Waals surface area contributed by atoms with Crippen molar-refractivity contribution in [1.82, 2.24) is 9.62 Å². The molecule has 0 aliphatic carbocycles. The highest BCUT2D eigenvalue weighted by atomic mass is 32.2. The monoisotopic (exact) mass is 440 g/mol. The van der Waals surface area contributed by atoms with Crippen molar-refractivity contribution in [2.45, 2.75) is 18.1 Å². The van der Waals surface area contributed by atoms with E-state index in [2.05, 4.69) is 15.6 Å². The van der Waals surface area contributed by atoms with E-state index in [0.29, 0.717) is 41.4 Å². The summed E-state index contributed by atoms with van der Waals surface area (Å²) in [6, 6.07) is 8.85.